The van der Waals surface area contributed by atoms with Gasteiger partial charge in [-0.15, -0.1) is 12.3 Å². The minimum absolute atomic E-state index is 0.290. The maximum atomic E-state index is 11.0. The van der Waals surface area contributed by atoms with Crippen LogP contribution in [0.4, 0.5) is 0 Å². The van der Waals surface area contributed by atoms with Crippen molar-refractivity contribution < 1.29 is 9.53 Å². The molecule has 1 atom stereocenters. The van der Waals surface area contributed by atoms with Gasteiger partial charge in [-0.1, -0.05) is 13.0 Å². The zero-order valence-electron chi connectivity index (χ0n) is 9.67. The van der Waals surface area contributed by atoms with E-state index in [-0.39, 0.29) is 5.97 Å². The summed E-state index contributed by atoms with van der Waals surface area (Å²) in [6.07, 6.45) is 8.73. The van der Waals surface area contributed by atoms with Crippen molar-refractivity contribution in [3.05, 3.63) is 11.6 Å². The number of terminal acetylenes is 1. The molecule has 15 heavy (non-hydrogen) atoms. The van der Waals surface area contributed by atoms with Crippen LogP contribution in [0.2, 0.25) is 0 Å². The van der Waals surface area contributed by atoms with E-state index in [9.17, 15) is 4.79 Å². The molecule has 0 aliphatic carbocycles. The maximum absolute atomic E-state index is 11.0. The van der Waals surface area contributed by atoms with Crippen LogP contribution in [-0.4, -0.2) is 25.7 Å². The average molecular weight is 209 g/mol. The van der Waals surface area contributed by atoms with Crippen LogP contribution in [0.1, 0.15) is 26.7 Å². The third kappa shape index (κ3) is 5.92. The molecule has 0 aliphatic heterocycles. The lowest BCUT2D eigenvalue weighted by Crippen LogP contribution is -2.28. The van der Waals surface area contributed by atoms with Gasteiger partial charge in [0.05, 0.1) is 7.11 Å². The largest absolute Gasteiger partial charge is 0.466 e. The third-order valence-electron chi connectivity index (χ3n) is 2.18. The number of rotatable bonds is 6. The van der Waals surface area contributed by atoms with Gasteiger partial charge in [-0.2, -0.15) is 0 Å². The van der Waals surface area contributed by atoms with Gasteiger partial charge in [0.2, 0.25) is 0 Å². The SMILES string of the molecule is C#CCC(CC)NC/C=C(/C)C(=O)OC. The molecule has 0 radical (unpaired) electrons. The molecule has 0 saturated heterocycles. The molecule has 0 saturated carbocycles. The van der Waals surface area contributed by atoms with Crippen LogP contribution in [-0.2, 0) is 9.53 Å². The van der Waals surface area contributed by atoms with Crippen molar-refractivity contribution in [1.29, 1.82) is 0 Å². The van der Waals surface area contributed by atoms with Crippen LogP contribution in [0.5, 0.6) is 0 Å². The molecule has 1 N–H and O–H groups in total. The second kappa shape index (κ2) is 8.07. The summed E-state index contributed by atoms with van der Waals surface area (Å²) in [5.41, 5.74) is 0.612. The molecule has 3 nitrogen and oxygen atoms in total. The van der Waals surface area contributed by atoms with Crippen LogP contribution in [0.3, 0.4) is 0 Å². The zero-order chi connectivity index (χ0) is 11.7. The molecule has 84 valence electrons. The van der Waals surface area contributed by atoms with Gasteiger partial charge >= 0.3 is 5.97 Å². The summed E-state index contributed by atoms with van der Waals surface area (Å²) < 4.78 is 4.58. The minimum Gasteiger partial charge on any atom is -0.466 e. The number of methoxy groups -OCH3 is 1. The fourth-order valence-electron chi connectivity index (χ4n) is 1.13. The van der Waals surface area contributed by atoms with Crippen molar-refractivity contribution in [1.82, 2.24) is 5.32 Å². The Balaban J connectivity index is 3.95. The minimum atomic E-state index is -0.290. The van der Waals surface area contributed by atoms with Crippen molar-refractivity contribution in [2.75, 3.05) is 13.7 Å². The first-order chi connectivity index (χ1) is 7.15. The Kier molecular flexibility index (Phi) is 7.39. The fourth-order valence-corrected chi connectivity index (χ4v) is 1.13. The summed E-state index contributed by atoms with van der Waals surface area (Å²) in [4.78, 5) is 11.0. The number of hydrogen-bond donors (Lipinski definition) is 1. The van der Waals surface area contributed by atoms with E-state index in [1.54, 1.807) is 6.92 Å². The fraction of sp³-hybridized carbons (Fsp3) is 0.583. The van der Waals surface area contributed by atoms with Gasteiger partial charge in [0.15, 0.2) is 0 Å². The van der Waals surface area contributed by atoms with Crippen molar-refractivity contribution >= 4 is 5.97 Å². The standard InChI is InChI=1S/C12H19NO2/c1-5-7-11(6-2)13-9-8-10(3)12(14)15-4/h1,8,11,13H,6-7,9H2,2-4H3/b10-8-. The molecule has 0 aromatic heterocycles. The number of hydrogen-bond acceptors (Lipinski definition) is 3. The molecule has 0 heterocycles. The lowest BCUT2D eigenvalue weighted by molar-refractivity contribution is -0.136. The molecule has 3 heteroatoms. The van der Waals surface area contributed by atoms with Gasteiger partial charge in [0, 0.05) is 24.6 Å². The van der Waals surface area contributed by atoms with Crippen LogP contribution in [0, 0.1) is 12.3 Å². The van der Waals surface area contributed by atoms with E-state index in [0.717, 1.165) is 6.42 Å². The third-order valence-corrected chi connectivity index (χ3v) is 2.18. The van der Waals surface area contributed by atoms with Crippen molar-refractivity contribution in [2.45, 2.75) is 32.7 Å². The summed E-state index contributed by atoms with van der Waals surface area (Å²) in [6.45, 7) is 4.45. The number of esters is 1. The first kappa shape index (κ1) is 13.7. The molecule has 0 spiro atoms. The Hall–Kier alpha value is -1.27. The van der Waals surface area contributed by atoms with E-state index in [4.69, 9.17) is 6.42 Å². The Bertz CT molecular complexity index is 263. The molecule has 0 fully saturated rings. The number of carbonyl (C=O) groups is 1. The van der Waals surface area contributed by atoms with Gasteiger partial charge in [-0.25, -0.2) is 4.79 Å². The summed E-state index contributed by atoms with van der Waals surface area (Å²) >= 11 is 0. The molecule has 0 amide bonds. The predicted molar refractivity (Wildman–Crippen MR) is 61.3 cm³/mol. The number of carbonyl (C=O) groups excluding carboxylic acids is 1. The van der Waals surface area contributed by atoms with Crippen LogP contribution >= 0.6 is 0 Å². The predicted octanol–water partition coefficient (Wildman–Crippen LogP) is 1.50. The van der Waals surface area contributed by atoms with E-state index >= 15 is 0 Å². The van der Waals surface area contributed by atoms with Gasteiger partial charge in [0.25, 0.3) is 0 Å². The maximum Gasteiger partial charge on any atom is 0.333 e. The lowest BCUT2D eigenvalue weighted by Gasteiger charge is -2.12. The lowest BCUT2D eigenvalue weighted by atomic mass is 10.1. The molecular formula is C12H19NO2. The molecule has 0 rings (SSSR count). The number of ether oxygens (including phenoxy) is 1. The molecule has 1 unspecified atom stereocenters. The second-order valence-corrected chi connectivity index (χ2v) is 3.30. The first-order valence-corrected chi connectivity index (χ1v) is 5.07. The first-order valence-electron chi connectivity index (χ1n) is 5.07. The molecule has 0 aromatic carbocycles. The topological polar surface area (TPSA) is 38.3 Å². The van der Waals surface area contributed by atoms with Gasteiger partial charge in [-0.05, 0) is 13.3 Å². The van der Waals surface area contributed by atoms with Crippen LogP contribution in [0.25, 0.3) is 0 Å². The Morgan fingerprint density at radius 2 is 2.33 bits per heavy atom. The average Bonchev–Trinajstić information content (AvgIpc) is 2.26. The van der Waals surface area contributed by atoms with Gasteiger partial charge in [0.1, 0.15) is 0 Å². The highest BCUT2D eigenvalue weighted by Gasteiger charge is 2.04. The van der Waals surface area contributed by atoms with E-state index in [1.807, 2.05) is 6.08 Å². The van der Waals surface area contributed by atoms with Crippen LogP contribution < -0.4 is 5.32 Å². The smallest absolute Gasteiger partial charge is 0.333 e. The highest BCUT2D eigenvalue weighted by atomic mass is 16.5. The van der Waals surface area contributed by atoms with Gasteiger partial charge < -0.3 is 10.1 Å². The molecule has 0 aliphatic rings. The Morgan fingerprint density at radius 3 is 2.80 bits per heavy atom. The van der Waals surface area contributed by atoms with Crippen LogP contribution in [0.15, 0.2) is 11.6 Å². The van der Waals surface area contributed by atoms with E-state index in [1.165, 1.54) is 7.11 Å². The zero-order valence-corrected chi connectivity index (χ0v) is 9.67. The molecular weight excluding hydrogens is 190 g/mol. The Labute approximate surface area is 91.9 Å². The van der Waals surface area contributed by atoms with Crippen molar-refractivity contribution in [2.24, 2.45) is 0 Å². The van der Waals surface area contributed by atoms with E-state index in [0.29, 0.717) is 24.6 Å². The van der Waals surface area contributed by atoms with Gasteiger partial charge in [-0.3, -0.25) is 0 Å². The normalized spacial score (nSPS) is 13.1. The highest BCUT2D eigenvalue weighted by Crippen LogP contribution is 1.97. The highest BCUT2D eigenvalue weighted by molar-refractivity contribution is 5.87. The van der Waals surface area contributed by atoms with Crippen molar-refractivity contribution in [3.8, 4) is 12.3 Å². The van der Waals surface area contributed by atoms with Crippen molar-refractivity contribution in [3.63, 3.8) is 0 Å². The second-order valence-electron chi connectivity index (χ2n) is 3.30. The summed E-state index contributed by atoms with van der Waals surface area (Å²) in [5.74, 6) is 2.33. The quantitative estimate of drug-likeness (QED) is 0.409. The monoisotopic (exact) mass is 209 g/mol. The molecule has 0 aromatic rings. The summed E-state index contributed by atoms with van der Waals surface area (Å²) in [5, 5.41) is 3.25. The van der Waals surface area contributed by atoms with E-state index in [2.05, 4.69) is 22.9 Å². The Morgan fingerprint density at radius 1 is 1.67 bits per heavy atom. The summed E-state index contributed by atoms with van der Waals surface area (Å²) in [6, 6.07) is 0.316. The number of nitrogens with one attached hydrogen (secondary N) is 1. The molecule has 0 bridgehead atoms. The van der Waals surface area contributed by atoms with E-state index < -0.39 is 0 Å². The summed E-state index contributed by atoms with van der Waals surface area (Å²) in [7, 11) is 1.38.